The van der Waals surface area contributed by atoms with Crippen LogP contribution in [0.1, 0.15) is 13.8 Å². The molecule has 1 rings (SSSR count). The molecule has 1 aliphatic rings. The Hall–Kier alpha value is -0.170. The average Bonchev–Trinajstić information content (AvgIpc) is 2.36. The first-order valence-electron chi connectivity index (χ1n) is 5.18. The van der Waals surface area contributed by atoms with Crippen LogP contribution in [-0.2, 0) is 14.6 Å². The molecule has 1 heterocycles. The summed E-state index contributed by atoms with van der Waals surface area (Å²) in [6.07, 6.45) is -0.755. The summed E-state index contributed by atoms with van der Waals surface area (Å²) < 4.78 is 27.7. The van der Waals surface area contributed by atoms with Crippen molar-refractivity contribution < 1.29 is 18.3 Å². The third-order valence-corrected chi connectivity index (χ3v) is 4.16. The van der Waals surface area contributed by atoms with Crippen LogP contribution in [0, 0.1) is 0 Å². The Morgan fingerprint density at radius 3 is 2.67 bits per heavy atom. The zero-order chi connectivity index (χ0) is 11.5. The van der Waals surface area contributed by atoms with Gasteiger partial charge < -0.3 is 15.2 Å². The van der Waals surface area contributed by atoms with Crippen LogP contribution in [-0.4, -0.2) is 56.4 Å². The number of rotatable bonds is 5. The quantitative estimate of drug-likeness (QED) is 0.652. The Balaban J connectivity index is 2.34. The van der Waals surface area contributed by atoms with E-state index in [4.69, 9.17) is 4.74 Å². The molecule has 0 radical (unpaired) electrons. The van der Waals surface area contributed by atoms with E-state index in [9.17, 15) is 13.5 Å². The molecule has 0 saturated carbocycles. The lowest BCUT2D eigenvalue weighted by Crippen LogP contribution is -2.42. The van der Waals surface area contributed by atoms with Crippen molar-refractivity contribution in [1.82, 2.24) is 5.32 Å². The lowest BCUT2D eigenvalue weighted by atomic mass is 10.2. The maximum atomic E-state index is 11.2. The maximum Gasteiger partial charge on any atom is 0.154 e. The van der Waals surface area contributed by atoms with Gasteiger partial charge in [-0.3, -0.25) is 0 Å². The summed E-state index contributed by atoms with van der Waals surface area (Å²) in [5.74, 6) is -0.110. The minimum absolute atomic E-state index is 0.0208. The third kappa shape index (κ3) is 4.06. The summed E-state index contributed by atoms with van der Waals surface area (Å²) >= 11 is 0. The van der Waals surface area contributed by atoms with Crippen molar-refractivity contribution in [1.29, 1.82) is 0 Å². The van der Waals surface area contributed by atoms with Crippen LogP contribution in [0.15, 0.2) is 0 Å². The van der Waals surface area contributed by atoms with Crippen molar-refractivity contribution in [3.63, 3.8) is 0 Å². The van der Waals surface area contributed by atoms with Gasteiger partial charge in [-0.2, -0.15) is 0 Å². The van der Waals surface area contributed by atoms with Crippen molar-refractivity contribution in [2.45, 2.75) is 32.1 Å². The van der Waals surface area contributed by atoms with Gasteiger partial charge in [0.05, 0.1) is 23.7 Å². The van der Waals surface area contributed by atoms with Gasteiger partial charge in [-0.15, -0.1) is 0 Å². The van der Waals surface area contributed by atoms with Crippen LogP contribution in [0.3, 0.4) is 0 Å². The molecule has 0 aromatic heterocycles. The van der Waals surface area contributed by atoms with E-state index in [-0.39, 0.29) is 23.7 Å². The molecule has 0 aromatic rings. The molecule has 0 aliphatic carbocycles. The van der Waals surface area contributed by atoms with E-state index in [1.807, 2.05) is 13.8 Å². The molecule has 15 heavy (non-hydrogen) atoms. The van der Waals surface area contributed by atoms with Crippen LogP contribution in [0.2, 0.25) is 0 Å². The van der Waals surface area contributed by atoms with E-state index < -0.39 is 15.9 Å². The summed E-state index contributed by atoms with van der Waals surface area (Å²) in [6, 6.07) is -0.349. The topological polar surface area (TPSA) is 75.6 Å². The molecular weight excluding hydrogens is 218 g/mol. The van der Waals surface area contributed by atoms with E-state index in [1.54, 1.807) is 0 Å². The smallest absolute Gasteiger partial charge is 0.154 e. The van der Waals surface area contributed by atoms with E-state index >= 15 is 0 Å². The first-order valence-corrected chi connectivity index (χ1v) is 7.00. The molecule has 5 nitrogen and oxygen atoms in total. The summed E-state index contributed by atoms with van der Waals surface area (Å²) in [5.41, 5.74) is 0. The standard InChI is InChI=1S/C9H19NO4S/c1-3-14-7(2)4-10-8-5-15(12,13)6-9(8)11/h7-11H,3-6H2,1-2H3. The minimum atomic E-state index is -3.06. The van der Waals surface area contributed by atoms with Crippen molar-refractivity contribution in [2.24, 2.45) is 0 Å². The van der Waals surface area contributed by atoms with Gasteiger partial charge in [0.15, 0.2) is 9.84 Å². The van der Waals surface area contributed by atoms with Crippen LogP contribution in [0.5, 0.6) is 0 Å². The summed E-state index contributed by atoms with van der Waals surface area (Å²) in [5, 5.41) is 12.5. The second-order valence-corrected chi connectivity index (χ2v) is 6.08. The molecule has 0 amide bonds. The second-order valence-electron chi connectivity index (χ2n) is 3.92. The Morgan fingerprint density at radius 2 is 2.20 bits per heavy atom. The SMILES string of the molecule is CCOC(C)CNC1CS(=O)(=O)CC1O. The first-order chi connectivity index (χ1) is 6.94. The van der Waals surface area contributed by atoms with Crippen molar-refractivity contribution >= 4 is 9.84 Å². The van der Waals surface area contributed by atoms with Crippen molar-refractivity contribution in [2.75, 3.05) is 24.7 Å². The molecule has 0 spiro atoms. The minimum Gasteiger partial charge on any atom is -0.390 e. The largest absolute Gasteiger partial charge is 0.390 e. The number of aliphatic hydroxyl groups is 1. The number of nitrogens with one attached hydrogen (secondary N) is 1. The summed E-state index contributed by atoms with van der Waals surface area (Å²) in [6.45, 7) is 5.01. The van der Waals surface area contributed by atoms with Crippen molar-refractivity contribution in [3.05, 3.63) is 0 Å². The molecule has 6 heteroatoms. The molecule has 1 fully saturated rings. The highest BCUT2D eigenvalue weighted by Gasteiger charge is 2.36. The Morgan fingerprint density at radius 1 is 1.53 bits per heavy atom. The maximum absolute atomic E-state index is 11.2. The number of sulfone groups is 1. The molecule has 1 aliphatic heterocycles. The molecule has 3 unspecified atom stereocenters. The molecule has 0 aromatic carbocycles. The van der Waals surface area contributed by atoms with Gasteiger partial charge in [-0.25, -0.2) is 8.42 Å². The number of aliphatic hydroxyl groups excluding tert-OH is 1. The second kappa shape index (κ2) is 5.25. The summed E-state index contributed by atoms with van der Waals surface area (Å²) in [7, 11) is -3.06. The van der Waals surface area contributed by atoms with Gasteiger partial charge in [0, 0.05) is 19.2 Å². The lowest BCUT2D eigenvalue weighted by molar-refractivity contribution is 0.0689. The van der Waals surface area contributed by atoms with Crippen LogP contribution < -0.4 is 5.32 Å². The number of ether oxygens (including phenoxy) is 1. The fourth-order valence-corrected chi connectivity index (χ4v) is 3.46. The molecule has 1 saturated heterocycles. The number of hydrogen-bond acceptors (Lipinski definition) is 5. The molecule has 90 valence electrons. The normalized spacial score (nSPS) is 31.7. The predicted octanol–water partition coefficient (Wildman–Crippen LogP) is -0.841. The van der Waals surface area contributed by atoms with Gasteiger partial charge in [0.2, 0.25) is 0 Å². The summed E-state index contributed by atoms with van der Waals surface area (Å²) in [4.78, 5) is 0. The zero-order valence-electron chi connectivity index (χ0n) is 9.14. The highest BCUT2D eigenvalue weighted by Crippen LogP contribution is 2.12. The van der Waals surface area contributed by atoms with E-state index in [0.29, 0.717) is 13.2 Å². The average molecular weight is 237 g/mol. The third-order valence-electron chi connectivity index (χ3n) is 2.44. The van der Waals surface area contributed by atoms with Crippen molar-refractivity contribution in [3.8, 4) is 0 Å². The first kappa shape index (κ1) is 12.9. The van der Waals surface area contributed by atoms with E-state index in [1.165, 1.54) is 0 Å². The van der Waals surface area contributed by atoms with E-state index in [2.05, 4.69) is 5.32 Å². The predicted molar refractivity (Wildman–Crippen MR) is 57.5 cm³/mol. The zero-order valence-corrected chi connectivity index (χ0v) is 9.96. The fraction of sp³-hybridized carbons (Fsp3) is 1.00. The highest BCUT2D eigenvalue weighted by atomic mass is 32.2. The van der Waals surface area contributed by atoms with E-state index in [0.717, 1.165) is 0 Å². The van der Waals surface area contributed by atoms with Crippen LogP contribution in [0.4, 0.5) is 0 Å². The molecule has 3 atom stereocenters. The van der Waals surface area contributed by atoms with Gasteiger partial charge in [-0.05, 0) is 13.8 Å². The Labute approximate surface area is 90.7 Å². The molecular formula is C9H19NO4S. The van der Waals surface area contributed by atoms with Gasteiger partial charge in [-0.1, -0.05) is 0 Å². The Bertz CT molecular complexity index is 290. The fourth-order valence-electron chi connectivity index (χ4n) is 1.68. The molecule has 2 N–H and O–H groups in total. The number of hydrogen-bond donors (Lipinski definition) is 2. The van der Waals surface area contributed by atoms with Gasteiger partial charge in [0.1, 0.15) is 0 Å². The molecule has 0 bridgehead atoms. The lowest BCUT2D eigenvalue weighted by Gasteiger charge is -2.18. The van der Waals surface area contributed by atoms with Crippen LogP contribution in [0.25, 0.3) is 0 Å². The highest BCUT2D eigenvalue weighted by molar-refractivity contribution is 7.91. The van der Waals surface area contributed by atoms with Crippen LogP contribution >= 0.6 is 0 Å². The monoisotopic (exact) mass is 237 g/mol. The van der Waals surface area contributed by atoms with Gasteiger partial charge in [0.25, 0.3) is 0 Å². The van der Waals surface area contributed by atoms with Gasteiger partial charge >= 0.3 is 0 Å². The Kier molecular flexibility index (Phi) is 4.51.